The number of hydrogen-bond donors (Lipinski definition) is 6. The van der Waals surface area contributed by atoms with E-state index in [1.165, 1.54) is 18.7 Å². The number of carbonyl (C=O) groups is 5. The number of rotatable bonds is 17. The Labute approximate surface area is 276 Å². The van der Waals surface area contributed by atoms with Gasteiger partial charge in [-0.1, -0.05) is 56.3 Å². The number of nitrogens with one attached hydrogen (secondary N) is 4. The van der Waals surface area contributed by atoms with E-state index in [4.69, 9.17) is 5.73 Å². The lowest BCUT2D eigenvalue weighted by atomic mass is 10.0. The Morgan fingerprint density at radius 3 is 1.94 bits per heavy atom. The average Bonchev–Trinajstić information content (AvgIpc) is 3.02. The summed E-state index contributed by atoms with van der Waals surface area (Å²) >= 11 is 1.39. The molecule has 0 aliphatic heterocycles. The van der Waals surface area contributed by atoms with Gasteiger partial charge in [0.2, 0.25) is 23.6 Å². The minimum Gasteiger partial charge on any atom is -0.382 e. The Morgan fingerprint density at radius 2 is 1.40 bits per heavy atom. The van der Waals surface area contributed by atoms with Gasteiger partial charge in [-0.2, -0.15) is 24.9 Å². The van der Waals surface area contributed by atoms with E-state index in [1.54, 1.807) is 44.4 Å². The third kappa shape index (κ3) is 12.5. The molecule has 47 heavy (non-hydrogen) atoms. The number of hydrogen-bond acceptors (Lipinski definition) is 7. The number of aliphatic hydroxyl groups is 1. The van der Waals surface area contributed by atoms with Crippen molar-refractivity contribution in [3.05, 3.63) is 60.2 Å². The second kappa shape index (κ2) is 18.3. The second-order valence-electron chi connectivity index (χ2n) is 11.3. The highest BCUT2D eigenvalue weighted by Gasteiger charge is 2.44. The molecule has 0 aromatic heterocycles. The predicted molar refractivity (Wildman–Crippen MR) is 173 cm³/mol. The molecule has 15 heteroatoms. The molecular formula is C32H42F3N5O6S. The summed E-state index contributed by atoms with van der Waals surface area (Å²) in [5, 5.41) is 19.4. The summed E-state index contributed by atoms with van der Waals surface area (Å²) < 4.78 is 39.5. The molecule has 2 unspecified atom stereocenters. The van der Waals surface area contributed by atoms with Gasteiger partial charge in [-0.15, -0.1) is 0 Å². The Morgan fingerprint density at radius 1 is 0.809 bits per heavy atom. The first-order valence-corrected chi connectivity index (χ1v) is 16.3. The van der Waals surface area contributed by atoms with Gasteiger partial charge in [0.15, 0.2) is 6.10 Å². The highest BCUT2D eigenvalue weighted by molar-refractivity contribution is 7.98. The van der Waals surface area contributed by atoms with Crippen molar-refractivity contribution in [2.75, 3.05) is 12.0 Å². The largest absolute Gasteiger partial charge is 0.416 e. The average molecular weight is 682 g/mol. The molecule has 0 spiro atoms. The fraction of sp³-hybridized carbons (Fsp3) is 0.469. The van der Waals surface area contributed by atoms with Crippen LogP contribution < -0.4 is 27.0 Å². The van der Waals surface area contributed by atoms with Gasteiger partial charge in [-0.3, -0.25) is 24.0 Å². The number of alkyl halides is 3. The summed E-state index contributed by atoms with van der Waals surface area (Å²) in [5.74, 6) is -3.87. The molecular weight excluding hydrogens is 639 g/mol. The van der Waals surface area contributed by atoms with E-state index in [0.29, 0.717) is 11.3 Å². The molecule has 11 nitrogen and oxygen atoms in total. The van der Waals surface area contributed by atoms with Gasteiger partial charge in [0, 0.05) is 12.0 Å². The van der Waals surface area contributed by atoms with Crippen molar-refractivity contribution < 1.29 is 42.3 Å². The summed E-state index contributed by atoms with van der Waals surface area (Å²) in [7, 11) is 0. The van der Waals surface area contributed by atoms with E-state index in [2.05, 4.69) is 16.0 Å². The van der Waals surface area contributed by atoms with Crippen LogP contribution in [0.2, 0.25) is 0 Å². The molecule has 0 heterocycles. The summed E-state index contributed by atoms with van der Waals surface area (Å²) in [6.45, 7) is 4.65. The van der Waals surface area contributed by atoms with Crippen molar-refractivity contribution >= 4 is 41.3 Å². The van der Waals surface area contributed by atoms with E-state index in [0.717, 1.165) is 11.1 Å². The van der Waals surface area contributed by atoms with Crippen molar-refractivity contribution in [2.24, 2.45) is 11.7 Å². The van der Waals surface area contributed by atoms with E-state index in [1.807, 2.05) is 35.6 Å². The van der Waals surface area contributed by atoms with Gasteiger partial charge in [0.1, 0.15) is 18.1 Å². The van der Waals surface area contributed by atoms with Gasteiger partial charge in [-0.25, -0.2) is 0 Å². The fourth-order valence-corrected chi connectivity index (χ4v) is 4.96. The summed E-state index contributed by atoms with van der Waals surface area (Å²) in [4.78, 5) is 63.4. The predicted octanol–water partition coefficient (Wildman–Crippen LogP) is 2.52. The van der Waals surface area contributed by atoms with Crippen molar-refractivity contribution in [1.29, 1.82) is 0 Å². The molecule has 5 atom stereocenters. The first-order valence-electron chi connectivity index (χ1n) is 14.9. The smallest absolute Gasteiger partial charge is 0.382 e. The van der Waals surface area contributed by atoms with Crippen LogP contribution in [0.5, 0.6) is 0 Å². The van der Waals surface area contributed by atoms with Crippen LogP contribution in [0.4, 0.5) is 13.2 Å². The number of thioether (sulfide) groups is 1. The molecule has 0 bridgehead atoms. The Balaban J connectivity index is 2.11. The molecule has 2 rings (SSSR count). The van der Waals surface area contributed by atoms with Crippen molar-refractivity contribution in [3.8, 4) is 11.1 Å². The summed E-state index contributed by atoms with van der Waals surface area (Å²) in [6.07, 6.45) is -7.27. The molecule has 7 N–H and O–H groups in total. The van der Waals surface area contributed by atoms with Crippen LogP contribution >= 0.6 is 11.8 Å². The van der Waals surface area contributed by atoms with Gasteiger partial charge in [0.25, 0.3) is 5.91 Å². The standard InChI is InChI=1S/C32H42F3N5O6S/c1-18(2)26(40-29(44)22-12-10-21(11-13-22)20-8-6-5-7-9-20)31(46)39-24(16-17-47-4)30(45)37-19(3)28(43)38-23(14-15-25(36)41)27(42)32(33,34)35/h5-13,18-19,23-24,26-27,42H,14-17H2,1-4H3,(H2,36,41)(H,37,45)(H,38,43)(H,39,46)(H,40,44)/t19-,23?,24-,26-,27?/m0/s1. The highest BCUT2D eigenvalue weighted by Crippen LogP contribution is 2.24. The molecule has 0 saturated carbocycles. The maximum atomic E-state index is 13.4. The number of amides is 5. The number of benzene rings is 2. The molecule has 2 aromatic carbocycles. The third-order valence-corrected chi connectivity index (χ3v) is 7.88. The number of primary amides is 1. The first-order chi connectivity index (χ1) is 22.0. The minimum absolute atomic E-state index is 0.140. The molecule has 0 aliphatic rings. The van der Waals surface area contributed by atoms with Crippen molar-refractivity contribution in [1.82, 2.24) is 21.3 Å². The van der Waals surface area contributed by atoms with Crippen LogP contribution in [-0.4, -0.2) is 83.1 Å². The molecule has 0 radical (unpaired) electrons. The zero-order valence-electron chi connectivity index (χ0n) is 26.6. The lowest BCUT2D eigenvalue weighted by molar-refractivity contribution is -0.212. The third-order valence-electron chi connectivity index (χ3n) is 7.23. The van der Waals surface area contributed by atoms with Crippen LogP contribution in [0.1, 0.15) is 50.4 Å². The van der Waals surface area contributed by atoms with Crippen molar-refractivity contribution in [2.45, 2.75) is 76.5 Å². The quantitative estimate of drug-likeness (QED) is 0.149. The summed E-state index contributed by atoms with van der Waals surface area (Å²) in [6, 6.07) is 11.0. The molecule has 0 saturated heterocycles. The van der Waals surface area contributed by atoms with Crippen LogP contribution in [0, 0.1) is 5.92 Å². The van der Waals surface area contributed by atoms with E-state index in [9.17, 15) is 42.3 Å². The minimum atomic E-state index is -5.09. The number of nitrogens with two attached hydrogens (primary N) is 1. The number of carbonyl (C=O) groups excluding carboxylic acids is 5. The fourth-order valence-electron chi connectivity index (χ4n) is 4.49. The summed E-state index contributed by atoms with van der Waals surface area (Å²) in [5.41, 5.74) is 7.21. The zero-order valence-corrected chi connectivity index (χ0v) is 27.4. The van der Waals surface area contributed by atoms with Gasteiger partial charge >= 0.3 is 6.18 Å². The molecule has 5 amide bonds. The zero-order chi connectivity index (χ0) is 35.3. The lowest BCUT2D eigenvalue weighted by Crippen LogP contribution is -2.58. The highest BCUT2D eigenvalue weighted by atomic mass is 32.2. The monoisotopic (exact) mass is 681 g/mol. The van der Waals surface area contributed by atoms with Crippen LogP contribution in [0.25, 0.3) is 11.1 Å². The second-order valence-corrected chi connectivity index (χ2v) is 12.3. The Bertz CT molecular complexity index is 1360. The maximum Gasteiger partial charge on any atom is 0.416 e. The van der Waals surface area contributed by atoms with E-state index < -0.39 is 78.8 Å². The van der Waals surface area contributed by atoms with Crippen LogP contribution in [-0.2, 0) is 19.2 Å². The Hall–Kier alpha value is -4.11. The van der Waals surface area contributed by atoms with E-state index >= 15 is 0 Å². The normalized spacial score (nSPS) is 14.7. The van der Waals surface area contributed by atoms with Crippen molar-refractivity contribution in [3.63, 3.8) is 0 Å². The number of aliphatic hydroxyl groups excluding tert-OH is 1. The number of halogens is 3. The van der Waals surface area contributed by atoms with Gasteiger partial charge < -0.3 is 32.1 Å². The topological polar surface area (TPSA) is 180 Å². The maximum absolute atomic E-state index is 13.4. The molecule has 258 valence electrons. The van der Waals surface area contributed by atoms with Crippen LogP contribution in [0.3, 0.4) is 0 Å². The molecule has 0 fully saturated rings. The SMILES string of the molecule is CSCC[C@H](NC(=O)[C@@H](NC(=O)c1ccc(-c2ccccc2)cc1)C(C)C)C(=O)N[C@@H](C)C(=O)NC(CCC(N)=O)C(O)C(F)(F)F. The van der Waals surface area contributed by atoms with Crippen LogP contribution in [0.15, 0.2) is 54.6 Å². The molecule has 0 aliphatic carbocycles. The van der Waals surface area contributed by atoms with E-state index in [-0.39, 0.29) is 12.3 Å². The van der Waals surface area contributed by atoms with Gasteiger partial charge in [-0.05, 0) is 61.0 Å². The lowest BCUT2D eigenvalue weighted by Gasteiger charge is -2.28. The van der Waals surface area contributed by atoms with Gasteiger partial charge in [0.05, 0.1) is 6.04 Å². The Kier molecular flexibility index (Phi) is 15.2. The molecule has 2 aromatic rings. The first kappa shape index (κ1) is 39.1.